The molecule has 3 aromatic rings. The molecule has 0 aromatic heterocycles. The first-order chi connectivity index (χ1) is 15.1. The molecule has 0 N–H and O–H groups in total. The molecule has 178 valence electrons. The number of halogens is 9. The Bertz CT molecular complexity index is 1130. The topological polar surface area (TPSA) is 57.2 Å². The van der Waals surface area contributed by atoms with Crippen molar-refractivity contribution in [1.29, 1.82) is 0 Å². The Morgan fingerprint density at radius 1 is 0.667 bits per heavy atom. The average Bonchev–Trinajstić information content (AvgIpc) is 2.67. The molecule has 0 fully saturated rings. The second-order valence-electron chi connectivity index (χ2n) is 6.13. The lowest BCUT2D eigenvalue weighted by Gasteiger charge is -2.06. The normalized spacial score (nSPS) is 12.2. The van der Waals surface area contributed by atoms with Crippen LogP contribution in [0.5, 0.6) is 0 Å². The minimum absolute atomic E-state index is 0.338. The van der Waals surface area contributed by atoms with Gasteiger partial charge in [-0.05, 0) is 60.7 Å². The lowest BCUT2D eigenvalue weighted by Crippen LogP contribution is -3.61. The standard InChI is InChI=1S/C14H8F6I.C6H4F2O3S/c15-13(16,17)9-1-5-11(6-2-9)21-12-7-3-10(4-8-12)14(18,19)20;7-4-1-2-6(5(8)3-4)12(9,10)11/h1-8H;1-3H,(H,9,10,11)/q+1;/p-1. The van der Waals surface area contributed by atoms with Crippen molar-refractivity contribution in [3.05, 3.63) is 96.6 Å². The maximum Gasteiger partial charge on any atom is 0.416 e. The fraction of sp³-hybridized carbons (Fsp3) is 0.100. The summed E-state index contributed by atoms with van der Waals surface area (Å²) in [5, 5.41) is 0. The molecule has 0 radical (unpaired) electrons. The van der Waals surface area contributed by atoms with Crippen molar-refractivity contribution in [2.24, 2.45) is 0 Å². The van der Waals surface area contributed by atoms with Crippen molar-refractivity contribution < 1.29 is 69.3 Å². The van der Waals surface area contributed by atoms with E-state index in [0.717, 1.165) is 24.3 Å². The van der Waals surface area contributed by atoms with Crippen LogP contribution in [0.4, 0.5) is 35.1 Å². The second kappa shape index (κ2) is 10.3. The first-order valence-electron chi connectivity index (χ1n) is 8.47. The average molecular weight is 610 g/mol. The highest BCUT2D eigenvalue weighted by atomic mass is 127. The van der Waals surface area contributed by atoms with Gasteiger partial charge in [0.05, 0.1) is 16.0 Å². The molecule has 0 unspecified atom stereocenters. The van der Waals surface area contributed by atoms with Gasteiger partial charge in [0.1, 0.15) is 21.8 Å². The summed E-state index contributed by atoms with van der Waals surface area (Å²) in [6.45, 7) is 0. The summed E-state index contributed by atoms with van der Waals surface area (Å²) < 4.78 is 131. The fourth-order valence-corrected chi connectivity index (χ4v) is 4.90. The van der Waals surface area contributed by atoms with Gasteiger partial charge in [-0.3, -0.25) is 0 Å². The smallest absolute Gasteiger partial charge is 0.416 e. The van der Waals surface area contributed by atoms with E-state index in [4.69, 9.17) is 0 Å². The van der Waals surface area contributed by atoms with Crippen LogP contribution in [-0.2, 0) is 22.5 Å². The van der Waals surface area contributed by atoms with Gasteiger partial charge in [-0.15, -0.1) is 0 Å². The van der Waals surface area contributed by atoms with Gasteiger partial charge in [0.15, 0.2) is 7.14 Å². The Balaban J connectivity index is 0.000000273. The van der Waals surface area contributed by atoms with Gasteiger partial charge < -0.3 is 4.55 Å². The first-order valence-corrected chi connectivity index (χ1v) is 12.0. The third-order valence-corrected chi connectivity index (χ3v) is 7.28. The maximum atomic E-state index is 12.5. The highest BCUT2D eigenvalue weighted by Crippen LogP contribution is 2.29. The summed E-state index contributed by atoms with van der Waals surface area (Å²) >= 11 is -0.805. The van der Waals surface area contributed by atoms with Gasteiger partial charge in [-0.1, -0.05) is 0 Å². The number of rotatable bonds is 3. The second-order valence-corrected chi connectivity index (χ2v) is 10.5. The summed E-state index contributed by atoms with van der Waals surface area (Å²) in [6.07, 6.45) is -8.77. The molecule has 0 spiro atoms. The minimum atomic E-state index is -4.84. The zero-order valence-corrected chi connectivity index (χ0v) is 18.9. The van der Waals surface area contributed by atoms with Crippen molar-refractivity contribution in [2.45, 2.75) is 17.2 Å². The first kappa shape index (κ1) is 27.0. The molecule has 0 heterocycles. The molecule has 0 bridgehead atoms. The third-order valence-electron chi connectivity index (χ3n) is 3.72. The fourth-order valence-electron chi connectivity index (χ4n) is 2.21. The van der Waals surface area contributed by atoms with Crippen LogP contribution >= 0.6 is 0 Å². The molecule has 0 saturated heterocycles. The molecule has 0 atom stereocenters. The van der Waals surface area contributed by atoms with E-state index in [1.165, 1.54) is 24.3 Å². The van der Waals surface area contributed by atoms with E-state index < -0.39 is 71.3 Å². The molecule has 0 saturated carbocycles. The van der Waals surface area contributed by atoms with E-state index in [1.54, 1.807) is 0 Å². The number of hydrogen-bond acceptors (Lipinski definition) is 3. The largest absolute Gasteiger partial charge is 0.744 e. The quantitative estimate of drug-likeness (QED) is 0.261. The van der Waals surface area contributed by atoms with Crippen molar-refractivity contribution >= 4 is 10.1 Å². The van der Waals surface area contributed by atoms with Crippen molar-refractivity contribution in [3.63, 3.8) is 0 Å². The molecule has 3 rings (SSSR count). The van der Waals surface area contributed by atoms with E-state index in [0.29, 0.717) is 25.3 Å². The van der Waals surface area contributed by atoms with Gasteiger partial charge in [-0.25, -0.2) is 17.2 Å². The van der Waals surface area contributed by atoms with E-state index in [9.17, 15) is 48.1 Å². The highest BCUT2D eigenvalue weighted by molar-refractivity contribution is 7.85. The van der Waals surface area contributed by atoms with E-state index in [2.05, 4.69) is 0 Å². The Kier molecular flexibility index (Phi) is 8.46. The molecular weight excluding hydrogens is 599 g/mol. The van der Waals surface area contributed by atoms with Crippen molar-refractivity contribution in [2.75, 3.05) is 0 Å². The van der Waals surface area contributed by atoms with Crippen LogP contribution in [0.25, 0.3) is 0 Å². The highest BCUT2D eigenvalue weighted by Gasteiger charge is 2.32. The zero-order chi connectivity index (χ0) is 25.0. The predicted octanol–water partition coefficient (Wildman–Crippen LogP) is 2.72. The Morgan fingerprint density at radius 2 is 1.06 bits per heavy atom. The summed E-state index contributed by atoms with van der Waals surface area (Å²) in [5.41, 5.74) is -1.47. The SMILES string of the molecule is FC(F)(F)c1ccc([I+]c2ccc(C(F)(F)F)cc2)cc1.O=S(=O)([O-])c1ccc(F)cc1F. The number of hydrogen-bond donors (Lipinski definition) is 0. The van der Waals surface area contributed by atoms with Gasteiger partial charge in [0.2, 0.25) is 0 Å². The van der Waals surface area contributed by atoms with Crippen molar-refractivity contribution in [3.8, 4) is 0 Å². The number of alkyl halides is 6. The van der Waals surface area contributed by atoms with Gasteiger partial charge in [-0.2, -0.15) is 26.3 Å². The summed E-state index contributed by atoms with van der Waals surface area (Å²) in [7, 11) is -4.84. The molecule has 3 nitrogen and oxygen atoms in total. The monoisotopic (exact) mass is 610 g/mol. The van der Waals surface area contributed by atoms with E-state index >= 15 is 0 Å². The van der Waals surface area contributed by atoms with Crippen LogP contribution in [0.15, 0.2) is 71.6 Å². The summed E-state index contributed by atoms with van der Waals surface area (Å²) in [5.74, 6) is -2.30. The van der Waals surface area contributed by atoms with Crippen LogP contribution < -0.4 is 21.2 Å². The molecular formula is C20H11F8IO3S. The van der Waals surface area contributed by atoms with Crippen molar-refractivity contribution in [1.82, 2.24) is 0 Å². The molecule has 13 heteroatoms. The number of benzene rings is 3. The molecule has 33 heavy (non-hydrogen) atoms. The molecule has 0 aliphatic heterocycles. The molecule has 3 aromatic carbocycles. The van der Waals surface area contributed by atoms with E-state index in [-0.39, 0.29) is 0 Å². The zero-order valence-electron chi connectivity index (χ0n) is 15.9. The Morgan fingerprint density at radius 3 is 1.36 bits per heavy atom. The Hall–Kier alpha value is -2.26. The molecule has 0 amide bonds. The summed E-state index contributed by atoms with van der Waals surface area (Å²) in [4.78, 5) is -1.04. The molecule has 0 aliphatic rings. The lowest BCUT2D eigenvalue weighted by atomic mass is 10.2. The maximum absolute atomic E-state index is 12.5. The Labute approximate surface area is 193 Å². The van der Waals surface area contributed by atoms with Crippen LogP contribution in [-0.4, -0.2) is 13.0 Å². The van der Waals surface area contributed by atoms with Gasteiger partial charge in [0, 0.05) is 6.07 Å². The van der Waals surface area contributed by atoms with Crippen LogP contribution in [0, 0.1) is 18.8 Å². The summed E-state index contributed by atoms with van der Waals surface area (Å²) in [6, 6.07) is 11.0. The minimum Gasteiger partial charge on any atom is -0.744 e. The van der Waals surface area contributed by atoms with Crippen LogP contribution in [0.2, 0.25) is 0 Å². The van der Waals surface area contributed by atoms with Gasteiger partial charge in [0.25, 0.3) is 0 Å². The predicted molar refractivity (Wildman–Crippen MR) is 94.6 cm³/mol. The molecule has 0 aliphatic carbocycles. The lowest BCUT2D eigenvalue weighted by molar-refractivity contribution is -0.597. The third kappa shape index (κ3) is 8.23. The van der Waals surface area contributed by atoms with E-state index in [1.807, 2.05) is 0 Å². The van der Waals surface area contributed by atoms with Gasteiger partial charge >= 0.3 is 33.6 Å². The van der Waals surface area contributed by atoms with Crippen LogP contribution in [0.3, 0.4) is 0 Å². The van der Waals surface area contributed by atoms with Crippen LogP contribution in [0.1, 0.15) is 11.1 Å².